The van der Waals surface area contributed by atoms with E-state index >= 15 is 0 Å². The third-order valence-corrected chi connectivity index (χ3v) is 3.23. The maximum Gasteiger partial charge on any atom is 0.211 e. The minimum atomic E-state index is -0.113. The largest absolute Gasteiger partial charge is 0.386 e. The van der Waals surface area contributed by atoms with Gasteiger partial charge in [0.2, 0.25) is 23.8 Å². The van der Waals surface area contributed by atoms with Crippen LogP contribution in [0.1, 0.15) is 55.9 Å². The van der Waals surface area contributed by atoms with Crippen LogP contribution in [0.4, 0.5) is 0 Å². The molecule has 0 spiro atoms. The van der Waals surface area contributed by atoms with E-state index < -0.39 is 0 Å². The van der Waals surface area contributed by atoms with Gasteiger partial charge in [0.1, 0.15) is 11.7 Å². The minimum Gasteiger partial charge on any atom is -0.386 e. The zero-order valence-electron chi connectivity index (χ0n) is 29.8. The molecule has 0 rings (SSSR count). The van der Waals surface area contributed by atoms with Gasteiger partial charge in [0.15, 0.2) is 0 Å². The SMILES string of the molecule is C.CC(=N)CN=C/C(C)=N/N=C(N)N.CC(=N)CN=C/C(C)=N\N=C(N)N.CC(N)=N/N=C\C(C)=N\N=C(N)N.CC(N)=N/N=C\C=N/N=C(N)N. The topological polar surface area (TPSA) is 481 Å². The molecule has 0 bridgehead atoms. The first-order valence-electron chi connectivity index (χ1n) is 13.9. The van der Waals surface area contributed by atoms with Crippen molar-refractivity contribution in [1.29, 1.82) is 10.8 Å². The predicted octanol–water partition coefficient (Wildman–Crippen LogP) is -2.26. The molecule has 0 saturated heterocycles. The highest BCUT2D eigenvalue weighted by atomic mass is 15.3. The molecule has 0 aliphatic heterocycles. The van der Waals surface area contributed by atoms with Crippen LogP contribution in [0.2, 0.25) is 0 Å². The zero-order chi connectivity index (χ0) is 40.2. The van der Waals surface area contributed by atoms with Crippen LogP contribution in [0, 0.1) is 10.8 Å². The lowest BCUT2D eigenvalue weighted by Crippen LogP contribution is -2.22. The Bertz CT molecular complexity index is 1370. The van der Waals surface area contributed by atoms with E-state index in [0.29, 0.717) is 53.3 Å². The first-order chi connectivity index (χ1) is 23.7. The van der Waals surface area contributed by atoms with Crippen LogP contribution >= 0.6 is 0 Å². The van der Waals surface area contributed by atoms with Gasteiger partial charge in [-0.3, -0.25) is 9.98 Å². The summed E-state index contributed by atoms with van der Waals surface area (Å²) in [6.45, 7) is 12.5. The van der Waals surface area contributed by atoms with E-state index in [1.807, 2.05) is 0 Å². The number of hydrogen-bond acceptors (Lipinski definition) is 16. The average molecular weight is 733 g/mol. The van der Waals surface area contributed by atoms with Crippen molar-refractivity contribution in [2.75, 3.05) is 13.1 Å². The van der Waals surface area contributed by atoms with Gasteiger partial charge in [0.05, 0.1) is 48.9 Å². The van der Waals surface area contributed by atoms with Gasteiger partial charge in [-0.1, -0.05) is 7.43 Å². The summed E-state index contributed by atoms with van der Waals surface area (Å²) in [6.07, 6.45) is 7.02. The van der Waals surface area contributed by atoms with Gasteiger partial charge in [-0.15, -0.1) is 30.6 Å². The molecule has 0 aromatic rings. The molecule has 22 N–H and O–H groups in total. The fourth-order valence-corrected chi connectivity index (χ4v) is 1.60. The van der Waals surface area contributed by atoms with Crippen LogP contribution in [0.25, 0.3) is 0 Å². The molecule has 26 heteroatoms. The lowest BCUT2D eigenvalue weighted by atomic mass is 10.4. The van der Waals surface area contributed by atoms with Crippen molar-refractivity contribution in [1.82, 2.24) is 0 Å². The van der Waals surface area contributed by atoms with Gasteiger partial charge < -0.3 is 68.2 Å². The third kappa shape index (κ3) is 61.7. The summed E-state index contributed by atoms with van der Waals surface area (Å²) >= 11 is 0. The van der Waals surface area contributed by atoms with Crippen molar-refractivity contribution in [3.63, 3.8) is 0 Å². The molecule has 0 aromatic heterocycles. The number of nitrogens with two attached hydrogens (primary N) is 10. The number of nitrogens with one attached hydrogen (secondary N) is 2. The molecule has 26 nitrogen and oxygen atoms in total. The van der Waals surface area contributed by atoms with Gasteiger partial charge >= 0.3 is 0 Å². The Kier molecular flexibility index (Phi) is 38.1. The van der Waals surface area contributed by atoms with Crippen molar-refractivity contribution >= 4 is 95.1 Å². The van der Waals surface area contributed by atoms with Gasteiger partial charge in [-0.05, 0) is 48.5 Å². The molecule has 0 aliphatic carbocycles. The Hall–Kier alpha value is -7.28. The molecule has 0 amide bonds. The number of aliphatic imine (C=N–C) groups is 2. The first-order valence-corrected chi connectivity index (χ1v) is 13.9. The Balaban J connectivity index is -0.000000188. The van der Waals surface area contributed by atoms with Crippen LogP contribution in [-0.4, -0.2) is 108 Å². The molecule has 0 unspecified atom stereocenters. The number of hydrogen-bond donors (Lipinski definition) is 12. The Morgan fingerprint density at radius 1 is 0.404 bits per heavy atom. The van der Waals surface area contributed by atoms with E-state index in [1.165, 1.54) is 31.1 Å². The van der Waals surface area contributed by atoms with E-state index in [1.54, 1.807) is 48.5 Å². The molecule has 0 saturated carbocycles. The van der Waals surface area contributed by atoms with Gasteiger partial charge in [0, 0.05) is 23.9 Å². The smallest absolute Gasteiger partial charge is 0.211 e. The summed E-state index contributed by atoms with van der Waals surface area (Å²) in [5.41, 5.74) is 53.4. The first kappa shape index (κ1) is 54.2. The van der Waals surface area contributed by atoms with Crippen LogP contribution in [0.5, 0.6) is 0 Å². The molecule has 0 radical (unpaired) electrons. The standard InChI is InChI=1S/2C7H14N6.C6H13N7.C5H11N7.CH4/c2*1-5(8)3-11-4-6(2)12-13-7(9)10;1-4(11-13-6(8)9)3-10-12-5(2)7;1-4(6)11-9-2-3-10-12-5(7)8;/h2*4,8H,3H2,1-2H3,(H4,9,10,13);3H,1-2H3,(H2,7,12)(H4,8,9,13);2-3H,1H3,(H2,6,11)(H4,7,8,12);1H4/b8-5?,11-4?,12-6+;8-5?,11-4?,12-6-;10-3-,11-4+;9-2-,10-3-;. The van der Waals surface area contributed by atoms with E-state index in [0.717, 1.165) is 0 Å². The van der Waals surface area contributed by atoms with Crippen LogP contribution < -0.4 is 57.3 Å². The second kappa shape index (κ2) is 36.6. The summed E-state index contributed by atoms with van der Waals surface area (Å²) in [5.74, 6) is 0.337. The third-order valence-electron chi connectivity index (χ3n) is 3.23. The van der Waals surface area contributed by atoms with Crippen molar-refractivity contribution in [3.05, 3.63) is 0 Å². The normalized spacial score (nSPS) is 12.1. The molecule has 0 atom stereocenters. The Morgan fingerprint density at radius 2 is 0.692 bits per heavy atom. The summed E-state index contributed by atoms with van der Waals surface area (Å²) in [6, 6.07) is 0. The number of rotatable bonds is 14. The molecular weight excluding hydrogens is 676 g/mol. The molecule has 0 aliphatic rings. The quantitative estimate of drug-likeness (QED) is 0.0516. The number of guanidine groups is 4. The van der Waals surface area contributed by atoms with Crippen LogP contribution in [-0.2, 0) is 0 Å². The van der Waals surface area contributed by atoms with Crippen molar-refractivity contribution in [2.45, 2.75) is 55.9 Å². The number of amidine groups is 2. The maximum absolute atomic E-state index is 7.09. The highest BCUT2D eigenvalue weighted by molar-refractivity contribution is 6.30. The molecule has 0 fully saturated rings. The van der Waals surface area contributed by atoms with E-state index in [-0.39, 0.29) is 31.3 Å². The second-order valence-electron chi connectivity index (χ2n) is 9.08. The average Bonchev–Trinajstić information content (AvgIpc) is 3.00. The predicted molar refractivity (Wildman–Crippen MR) is 223 cm³/mol. The Morgan fingerprint density at radius 3 is 0.981 bits per heavy atom. The van der Waals surface area contributed by atoms with Crippen molar-refractivity contribution in [2.24, 2.45) is 129 Å². The molecular formula is C26H56N26. The summed E-state index contributed by atoms with van der Waals surface area (Å²) in [5, 5.41) is 56.3. The van der Waals surface area contributed by atoms with Gasteiger partial charge in [0.25, 0.3) is 0 Å². The molecule has 0 heterocycles. The summed E-state index contributed by atoms with van der Waals surface area (Å²) < 4.78 is 0. The maximum atomic E-state index is 7.09. The highest BCUT2D eigenvalue weighted by Crippen LogP contribution is 1.80. The lowest BCUT2D eigenvalue weighted by molar-refractivity contribution is 1.20. The zero-order valence-corrected chi connectivity index (χ0v) is 29.8. The minimum absolute atomic E-state index is 0. The lowest BCUT2D eigenvalue weighted by Gasteiger charge is -1.89. The molecule has 52 heavy (non-hydrogen) atoms. The van der Waals surface area contributed by atoms with E-state index in [4.69, 9.17) is 68.2 Å². The fourth-order valence-electron chi connectivity index (χ4n) is 1.60. The van der Waals surface area contributed by atoms with Crippen molar-refractivity contribution < 1.29 is 0 Å². The highest BCUT2D eigenvalue weighted by Gasteiger charge is 1.87. The van der Waals surface area contributed by atoms with E-state index in [9.17, 15) is 0 Å². The molecule has 290 valence electrons. The van der Waals surface area contributed by atoms with Crippen LogP contribution in [0.3, 0.4) is 0 Å². The van der Waals surface area contributed by atoms with Crippen LogP contribution in [0.15, 0.2) is 71.2 Å². The summed E-state index contributed by atoms with van der Waals surface area (Å²) in [4.78, 5) is 7.84. The number of nitrogens with zero attached hydrogens (tertiary/aromatic N) is 14. The fraction of sp³-hybridized carbons (Fsp3) is 0.385. The van der Waals surface area contributed by atoms with Gasteiger partial charge in [-0.25, -0.2) is 0 Å². The second-order valence-corrected chi connectivity index (χ2v) is 9.08. The van der Waals surface area contributed by atoms with Gasteiger partial charge in [-0.2, -0.15) is 30.6 Å². The van der Waals surface area contributed by atoms with Crippen molar-refractivity contribution in [3.8, 4) is 0 Å². The van der Waals surface area contributed by atoms with E-state index in [2.05, 4.69) is 71.2 Å². The monoisotopic (exact) mass is 733 g/mol. The molecule has 0 aromatic carbocycles. The summed E-state index contributed by atoms with van der Waals surface area (Å²) in [7, 11) is 0. The Labute approximate surface area is 303 Å².